The normalized spacial score (nSPS) is 10.6. The monoisotopic (exact) mass is 471 g/mol. The fraction of sp³-hybridized carbons (Fsp3) is 0.154. The number of carbonyl (C=O) groups is 2. The van der Waals surface area contributed by atoms with E-state index in [1.807, 2.05) is 47.0 Å². The zero-order chi connectivity index (χ0) is 23.9. The summed E-state index contributed by atoms with van der Waals surface area (Å²) in [4.78, 5) is 23.9. The molecule has 4 rings (SSSR count). The summed E-state index contributed by atoms with van der Waals surface area (Å²) in [6, 6.07) is 24.8. The number of amides is 1. The number of anilines is 2. The third-order valence-electron chi connectivity index (χ3n) is 5.12. The molecule has 2 N–H and O–H groups in total. The fourth-order valence-corrected chi connectivity index (χ4v) is 4.08. The Hall–Kier alpha value is -3.91. The largest absolute Gasteiger partial charge is 0.378 e. The van der Waals surface area contributed by atoms with Crippen molar-refractivity contribution in [2.24, 2.45) is 0 Å². The van der Waals surface area contributed by atoms with Crippen LogP contribution < -0.4 is 10.6 Å². The molecule has 4 aromatic rings. The highest BCUT2D eigenvalue weighted by molar-refractivity contribution is 7.99. The molecule has 0 radical (unpaired) electrons. The smallest absolute Gasteiger partial charge is 0.234 e. The van der Waals surface area contributed by atoms with Crippen LogP contribution in [-0.2, 0) is 11.3 Å². The van der Waals surface area contributed by atoms with Gasteiger partial charge >= 0.3 is 0 Å². The Bertz CT molecular complexity index is 1270. The van der Waals surface area contributed by atoms with Gasteiger partial charge in [-0.1, -0.05) is 47.7 Å². The van der Waals surface area contributed by atoms with Crippen molar-refractivity contribution in [1.82, 2.24) is 14.8 Å². The minimum Gasteiger partial charge on any atom is -0.378 e. The number of thioether (sulfide) groups is 1. The molecule has 8 heteroatoms. The van der Waals surface area contributed by atoms with Crippen LogP contribution in [0, 0.1) is 6.92 Å². The van der Waals surface area contributed by atoms with E-state index in [1.54, 1.807) is 24.3 Å². The molecule has 1 heterocycles. The minimum atomic E-state index is -0.164. The highest BCUT2D eigenvalue weighted by atomic mass is 32.2. The molecule has 1 aromatic heterocycles. The number of carbonyl (C=O) groups excluding carboxylic acids is 2. The summed E-state index contributed by atoms with van der Waals surface area (Å²) in [5.74, 6) is 0.739. The highest BCUT2D eigenvalue weighted by Gasteiger charge is 2.16. The second-order valence-electron chi connectivity index (χ2n) is 7.76. The van der Waals surface area contributed by atoms with Crippen molar-refractivity contribution in [3.05, 3.63) is 95.8 Å². The van der Waals surface area contributed by atoms with Crippen molar-refractivity contribution >= 4 is 34.8 Å². The first kappa shape index (κ1) is 23.3. The van der Waals surface area contributed by atoms with Crippen LogP contribution in [0.15, 0.2) is 84.0 Å². The van der Waals surface area contributed by atoms with Gasteiger partial charge in [-0.15, -0.1) is 10.2 Å². The third-order valence-corrected chi connectivity index (χ3v) is 6.05. The van der Waals surface area contributed by atoms with Gasteiger partial charge in [0.1, 0.15) is 0 Å². The molecule has 0 fully saturated rings. The third kappa shape index (κ3) is 5.90. The van der Waals surface area contributed by atoms with E-state index in [0.29, 0.717) is 23.0 Å². The summed E-state index contributed by atoms with van der Waals surface area (Å²) in [6.07, 6.45) is 0. The lowest BCUT2D eigenvalue weighted by atomic mass is 10.1. The first-order valence-electron chi connectivity index (χ1n) is 10.8. The lowest BCUT2D eigenvalue weighted by molar-refractivity contribution is -0.113. The number of rotatable bonds is 9. The molecular weight excluding hydrogens is 446 g/mol. The molecule has 0 aliphatic carbocycles. The molecule has 3 aromatic carbocycles. The van der Waals surface area contributed by atoms with E-state index in [2.05, 4.69) is 39.9 Å². The van der Waals surface area contributed by atoms with E-state index in [0.717, 1.165) is 17.2 Å². The molecule has 0 saturated heterocycles. The van der Waals surface area contributed by atoms with Crippen molar-refractivity contribution in [3.8, 4) is 5.69 Å². The van der Waals surface area contributed by atoms with E-state index in [-0.39, 0.29) is 17.4 Å². The Kier molecular flexibility index (Phi) is 7.39. The van der Waals surface area contributed by atoms with Gasteiger partial charge in [0.05, 0.1) is 12.3 Å². The number of hydrogen-bond donors (Lipinski definition) is 2. The van der Waals surface area contributed by atoms with E-state index in [4.69, 9.17) is 0 Å². The Balaban J connectivity index is 1.45. The topological polar surface area (TPSA) is 88.9 Å². The molecule has 0 aliphatic heterocycles. The molecule has 0 bridgehead atoms. The molecule has 0 saturated carbocycles. The van der Waals surface area contributed by atoms with E-state index < -0.39 is 0 Å². The molecule has 1 amide bonds. The average Bonchev–Trinajstić information content (AvgIpc) is 3.26. The lowest BCUT2D eigenvalue weighted by Gasteiger charge is -2.12. The molecule has 0 unspecified atom stereocenters. The fourth-order valence-electron chi connectivity index (χ4n) is 3.31. The number of nitrogens with zero attached hydrogens (tertiary/aromatic N) is 3. The Morgan fingerprint density at radius 3 is 2.24 bits per heavy atom. The van der Waals surface area contributed by atoms with Crippen molar-refractivity contribution in [2.45, 2.75) is 25.5 Å². The van der Waals surface area contributed by atoms with Crippen LogP contribution in [0.25, 0.3) is 5.69 Å². The summed E-state index contributed by atoms with van der Waals surface area (Å²) >= 11 is 1.32. The Morgan fingerprint density at radius 1 is 0.882 bits per heavy atom. The molecule has 7 nitrogen and oxygen atoms in total. The zero-order valence-electron chi connectivity index (χ0n) is 19.0. The Labute approximate surface area is 202 Å². The van der Waals surface area contributed by atoms with Gasteiger partial charge in [-0.2, -0.15) is 0 Å². The van der Waals surface area contributed by atoms with Gasteiger partial charge in [0.25, 0.3) is 0 Å². The quantitative estimate of drug-likeness (QED) is 0.260. The highest BCUT2D eigenvalue weighted by Crippen LogP contribution is 2.23. The van der Waals surface area contributed by atoms with E-state index >= 15 is 0 Å². The molecule has 34 heavy (non-hydrogen) atoms. The number of aromatic nitrogens is 3. The average molecular weight is 472 g/mol. The van der Waals surface area contributed by atoms with Crippen LogP contribution in [0.3, 0.4) is 0 Å². The zero-order valence-corrected chi connectivity index (χ0v) is 19.8. The van der Waals surface area contributed by atoms with Gasteiger partial charge < -0.3 is 10.6 Å². The van der Waals surface area contributed by atoms with E-state index in [1.165, 1.54) is 24.2 Å². The second-order valence-corrected chi connectivity index (χ2v) is 8.70. The van der Waals surface area contributed by atoms with Crippen LogP contribution in [-0.4, -0.2) is 32.2 Å². The SMILES string of the molecule is CC(=O)c1ccc(NC(=O)CSc2nnc(CNc3ccc(C)cc3)n2-c2ccccc2)cc1. The number of benzene rings is 3. The standard InChI is InChI=1S/C26H25N5O2S/c1-18-8-12-21(13-9-18)27-16-24-29-30-26(31(24)23-6-4-3-5-7-23)34-17-25(33)28-22-14-10-20(11-15-22)19(2)32/h3-15,27H,16-17H2,1-2H3,(H,28,33). The van der Waals surface area contributed by atoms with Crippen molar-refractivity contribution in [1.29, 1.82) is 0 Å². The number of hydrogen-bond acceptors (Lipinski definition) is 6. The van der Waals surface area contributed by atoms with Gasteiger partial charge in [0, 0.05) is 22.6 Å². The maximum atomic E-state index is 12.5. The van der Waals surface area contributed by atoms with Crippen molar-refractivity contribution in [3.63, 3.8) is 0 Å². The van der Waals surface area contributed by atoms with Gasteiger partial charge in [0.2, 0.25) is 5.91 Å². The first-order chi connectivity index (χ1) is 16.5. The summed E-state index contributed by atoms with van der Waals surface area (Å²) in [5.41, 5.74) is 4.37. The van der Waals surface area contributed by atoms with Crippen LogP contribution >= 0.6 is 11.8 Å². The van der Waals surface area contributed by atoms with Crippen molar-refractivity contribution < 1.29 is 9.59 Å². The number of para-hydroxylation sites is 1. The van der Waals surface area contributed by atoms with Gasteiger partial charge in [-0.05, 0) is 62.4 Å². The Morgan fingerprint density at radius 2 is 1.56 bits per heavy atom. The second kappa shape index (κ2) is 10.8. The summed E-state index contributed by atoms with van der Waals surface area (Å²) < 4.78 is 1.96. The van der Waals surface area contributed by atoms with Gasteiger partial charge in [-0.25, -0.2) is 0 Å². The maximum absolute atomic E-state index is 12.5. The molecule has 0 spiro atoms. The number of aryl methyl sites for hydroxylation is 1. The predicted molar refractivity (Wildman–Crippen MR) is 136 cm³/mol. The number of ketones is 1. The van der Waals surface area contributed by atoms with Crippen molar-refractivity contribution in [2.75, 3.05) is 16.4 Å². The van der Waals surface area contributed by atoms with Gasteiger partial charge in [0.15, 0.2) is 16.8 Å². The van der Waals surface area contributed by atoms with Crippen LogP contribution in [0.4, 0.5) is 11.4 Å². The maximum Gasteiger partial charge on any atom is 0.234 e. The molecule has 0 aliphatic rings. The predicted octanol–water partition coefficient (Wildman–Crippen LogP) is 5.12. The minimum absolute atomic E-state index is 0.0126. The van der Waals surface area contributed by atoms with E-state index in [9.17, 15) is 9.59 Å². The lowest BCUT2D eigenvalue weighted by Crippen LogP contribution is -2.15. The summed E-state index contributed by atoms with van der Waals surface area (Å²) in [5, 5.41) is 15.6. The van der Waals surface area contributed by atoms with Crippen LogP contribution in [0.1, 0.15) is 28.7 Å². The van der Waals surface area contributed by atoms with Crippen LogP contribution in [0.2, 0.25) is 0 Å². The molecular formula is C26H25N5O2S. The summed E-state index contributed by atoms with van der Waals surface area (Å²) in [7, 11) is 0. The van der Waals surface area contributed by atoms with Gasteiger partial charge in [-0.3, -0.25) is 14.2 Å². The van der Waals surface area contributed by atoms with Crippen LogP contribution in [0.5, 0.6) is 0 Å². The molecule has 172 valence electrons. The number of Topliss-reactive ketones (excluding diaryl/α,β-unsaturated/α-hetero) is 1. The number of nitrogens with one attached hydrogen (secondary N) is 2. The molecule has 0 atom stereocenters. The first-order valence-corrected chi connectivity index (χ1v) is 11.8. The summed E-state index contributed by atoms with van der Waals surface area (Å²) in [6.45, 7) is 4.05.